The van der Waals surface area contributed by atoms with Crippen molar-refractivity contribution in [1.29, 1.82) is 0 Å². The molecule has 12 heavy (non-hydrogen) atoms. The van der Waals surface area contributed by atoms with Gasteiger partial charge in [0.15, 0.2) is 0 Å². The van der Waals surface area contributed by atoms with E-state index >= 15 is 0 Å². The molecule has 2 nitrogen and oxygen atoms in total. The first kappa shape index (κ1) is 11.5. The van der Waals surface area contributed by atoms with Crippen molar-refractivity contribution in [2.45, 2.75) is 52.9 Å². The minimum absolute atomic E-state index is 0.117. The summed E-state index contributed by atoms with van der Waals surface area (Å²) in [5, 5.41) is 0. The van der Waals surface area contributed by atoms with Gasteiger partial charge in [-0.05, 0) is 19.3 Å². The highest BCUT2D eigenvalue weighted by atomic mass is 16.1. The molecular formula is C10H21NO. The Morgan fingerprint density at radius 1 is 1.17 bits per heavy atom. The molecule has 0 bridgehead atoms. The second-order valence-corrected chi connectivity index (χ2v) is 3.50. The van der Waals surface area contributed by atoms with Crippen LogP contribution in [0.2, 0.25) is 0 Å². The summed E-state index contributed by atoms with van der Waals surface area (Å²) in [4.78, 5) is 11.3. The molecule has 0 radical (unpaired) electrons. The van der Waals surface area contributed by atoms with Crippen LogP contribution in [0.5, 0.6) is 0 Å². The SMILES string of the molecule is CCCC(CC)(CCC)C(N)=O. The molecule has 72 valence electrons. The summed E-state index contributed by atoms with van der Waals surface area (Å²) in [5.74, 6) is -0.117. The monoisotopic (exact) mass is 171 g/mol. The lowest BCUT2D eigenvalue weighted by atomic mass is 9.76. The zero-order valence-corrected chi connectivity index (χ0v) is 8.52. The fourth-order valence-corrected chi connectivity index (χ4v) is 1.86. The maximum atomic E-state index is 11.3. The lowest BCUT2D eigenvalue weighted by Crippen LogP contribution is -2.36. The molecule has 0 rings (SSSR count). The van der Waals surface area contributed by atoms with Gasteiger partial charge in [0.1, 0.15) is 0 Å². The van der Waals surface area contributed by atoms with Crippen molar-refractivity contribution < 1.29 is 4.79 Å². The number of carbonyl (C=O) groups is 1. The van der Waals surface area contributed by atoms with Gasteiger partial charge in [0.05, 0.1) is 0 Å². The Hall–Kier alpha value is -0.530. The fourth-order valence-electron chi connectivity index (χ4n) is 1.86. The van der Waals surface area contributed by atoms with Crippen LogP contribution in [0.4, 0.5) is 0 Å². The second-order valence-electron chi connectivity index (χ2n) is 3.50. The summed E-state index contributed by atoms with van der Waals surface area (Å²) in [5.41, 5.74) is 5.20. The molecule has 0 aromatic heterocycles. The Morgan fingerprint density at radius 3 is 1.75 bits per heavy atom. The first-order chi connectivity index (χ1) is 5.63. The van der Waals surface area contributed by atoms with Gasteiger partial charge in [-0.2, -0.15) is 0 Å². The van der Waals surface area contributed by atoms with Crippen molar-refractivity contribution in [2.75, 3.05) is 0 Å². The lowest BCUT2D eigenvalue weighted by molar-refractivity contribution is -0.128. The van der Waals surface area contributed by atoms with Crippen molar-refractivity contribution in [3.05, 3.63) is 0 Å². The Kier molecular flexibility index (Phi) is 4.95. The quantitative estimate of drug-likeness (QED) is 0.655. The molecular weight excluding hydrogens is 150 g/mol. The maximum absolute atomic E-state index is 11.3. The third-order valence-electron chi connectivity index (χ3n) is 2.66. The number of nitrogens with two attached hydrogens (primary N) is 1. The average molecular weight is 171 g/mol. The standard InChI is InChI=1S/C10H21NO/c1-4-7-10(6-3,8-5-2)9(11)12/h4-8H2,1-3H3,(H2,11,12). The van der Waals surface area contributed by atoms with Crippen LogP contribution in [-0.4, -0.2) is 5.91 Å². The molecule has 0 aliphatic rings. The Balaban J connectivity index is 4.39. The molecule has 0 fully saturated rings. The van der Waals surface area contributed by atoms with Gasteiger partial charge in [0, 0.05) is 5.41 Å². The highest BCUT2D eigenvalue weighted by Crippen LogP contribution is 2.32. The van der Waals surface area contributed by atoms with Crippen molar-refractivity contribution in [3.63, 3.8) is 0 Å². The number of rotatable bonds is 6. The highest BCUT2D eigenvalue weighted by molar-refractivity contribution is 5.80. The average Bonchev–Trinajstić information content (AvgIpc) is 2.03. The first-order valence-corrected chi connectivity index (χ1v) is 4.92. The van der Waals surface area contributed by atoms with E-state index in [0.29, 0.717) is 0 Å². The summed E-state index contributed by atoms with van der Waals surface area (Å²) in [6.45, 7) is 6.25. The summed E-state index contributed by atoms with van der Waals surface area (Å²) >= 11 is 0. The summed E-state index contributed by atoms with van der Waals surface area (Å²) in [6, 6.07) is 0. The summed E-state index contributed by atoms with van der Waals surface area (Å²) < 4.78 is 0. The van der Waals surface area contributed by atoms with Crippen molar-refractivity contribution in [3.8, 4) is 0 Å². The van der Waals surface area contributed by atoms with Gasteiger partial charge < -0.3 is 5.73 Å². The van der Waals surface area contributed by atoms with Gasteiger partial charge in [-0.3, -0.25) is 4.79 Å². The third kappa shape index (κ3) is 2.50. The van der Waals surface area contributed by atoms with E-state index in [2.05, 4.69) is 20.8 Å². The predicted octanol–water partition coefficient (Wildman–Crippen LogP) is 2.47. The van der Waals surface area contributed by atoms with Crippen LogP contribution >= 0.6 is 0 Å². The van der Waals surface area contributed by atoms with Crippen molar-refractivity contribution >= 4 is 5.91 Å². The van der Waals surface area contributed by atoms with Crippen LogP contribution in [0.3, 0.4) is 0 Å². The second kappa shape index (κ2) is 5.18. The third-order valence-corrected chi connectivity index (χ3v) is 2.66. The van der Waals surface area contributed by atoms with E-state index in [1.165, 1.54) is 0 Å². The smallest absolute Gasteiger partial charge is 0.223 e. The fraction of sp³-hybridized carbons (Fsp3) is 0.900. The van der Waals surface area contributed by atoms with E-state index in [1.54, 1.807) is 0 Å². The molecule has 0 saturated carbocycles. The Morgan fingerprint density at radius 2 is 1.58 bits per heavy atom. The molecule has 0 atom stereocenters. The van der Waals surface area contributed by atoms with Gasteiger partial charge >= 0.3 is 0 Å². The number of primary amides is 1. The molecule has 0 aliphatic carbocycles. The van der Waals surface area contributed by atoms with Crippen molar-refractivity contribution in [1.82, 2.24) is 0 Å². The number of hydrogen-bond donors (Lipinski definition) is 1. The molecule has 0 spiro atoms. The molecule has 0 heterocycles. The van der Waals surface area contributed by atoms with E-state index in [-0.39, 0.29) is 11.3 Å². The van der Waals surface area contributed by atoms with Crippen LogP contribution in [0.25, 0.3) is 0 Å². The normalized spacial score (nSPS) is 11.6. The van der Waals surface area contributed by atoms with Gasteiger partial charge in [0.25, 0.3) is 0 Å². The van der Waals surface area contributed by atoms with E-state index in [9.17, 15) is 4.79 Å². The highest BCUT2D eigenvalue weighted by Gasteiger charge is 2.32. The molecule has 0 aromatic rings. The van der Waals surface area contributed by atoms with Crippen LogP contribution in [-0.2, 0) is 4.79 Å². The first-order valence-electron chi connectivity index (χ1n) is 4.92. The van der Waals surface area contributed by atoms with Crippen molar-refractivity contribution in [2.24, 2.45) is 11.1 Å². The van der Waals surface area contributed by atoms with Crippen LogP contribution in [0.15, 0.2) is 0 Å². The Bertz CT molecular complexity index is 137. The lowest BCUT2D eigenvalue weighted by Gasteiger charge is -2.28. The van der Waals surface area contributed by atoms with Crippen LogP contribution < -0.4 is 5.73 Å². The molecule has 0 aromatic carbocycles. The molecule has 0 saturated heterocycles. The molecule has 0 aliphatic heterocycles. The minimum atomic E-state index is -0.219. The van der Waals surface area contributed by atoms with Gasteiger partial charge in [-0.25, -0.2) is 0 Å². The number of carbonyl (C=O) groups excluding carboxylic acids is 1. The van der Waals surface area contributed by atoms with Gasteiger partial charge in [-0.15, -0.1) is 0 Å². The zero-order chi connectivity index (χ0) is 9.61. The minimum Gasteiger partial charge on any atom is -0.369 e. The zero-order valence-electron chi connectivity index (χ0n) is 8.52. The van der Waals surface area contributed by atoms with E-state index in [0.717, 1.165) is 32.1 Å². The molecule has 1 amide bonds. The molecule has 0 unspecified atom stereocenters. The van der Waals surface area contributed by atoms with Crippen LogP contribution in [0, 0.1) is 5.41 Å². The Labute approximate surface area is 75.5 Å². The van der Waals surface area contributed by atoms with Crippen LogP contribution in [0.1, 0.15) is 52.9 Å². The van der Waals surface area contributed by atoms with E-state index in [4.69, 9.17) is 5.73 Å². The van der Waals surface area contributed by atoms with E-state index in [1.807, 2.05) is 0 Å². The van der Waals surface area contributed by atoms with E-state index < -0.39 is 0 Å². The molecule has 2 N–H and O–H groups in total. The largest absolute Gasteiger partial charge is 0.369 e. The predicted molar refractivity (Wildman–Crippen MR) is 51.7 cm³/mol. The molecule has 2 heteroatoms. The summed E-state index contributed by atoms with van der Waals surface area (Å²) in [6.07, 6.45) is 4.83. The maximum Gasteiger partial charge on any atom is 0.223 e. The summed E-state index contributed by atoms with van der Waals surface area (Å²) in [7, 11) is 0. The topological polar surface area (TPSA) is 43.1 Å². The van der Waals surface area contributed by atoms with Gasteiger partial charge in [0.2, 0.25) is 5.91 Å². The number of amides is 1. The van der Waals surface area contributed by atoms with Gasteiger partial charge in [-0.1, -0.05) is 33.6 Å². The number of hydrogen-bond acceptors (Lipinski definition) is 1.